The Kier molecular flexibility index (Phi) is 2.29. The van der Waals surface area contributed by atoms with Crippen molar-refractivity contribution < 1.29 is 0 Å². The summed E-state index contributed by atoms with van der Waals surface area (Å²) in [5, 5.41) is 8.52. The summed E-state index contributed by atoms with van der Waals surface area (Å²) in [6.07, 6.45) is 1.96. The molecular weight excluding hydrogens is 220 g/mol. The van der Waals surface area contributed by atoms with Crippen molar-refractivity contribution in [3.8, 4) is 10.7 Å². The van der Waals surface area contributed by atoms with Gasteiger partial charge in [-0.15, -0.1) is 21.5 Å². The molecular formula is C11H14N4S. The SMILES string of the molecule is Cc1ccc(-c2nnc3n2CC(N)CC3)s1. The zero-order chi connectivity index (χ0) is 11.1. The molecule has 3 rings (SSSR count). The number of rotatable bonds is 1. The highest BCUT2D eigenvalue weighted by Crippen LogP contribution is 2.28. The molecule has 1 aliphatic rings. The van der Waals surface area contributed by atoms with E-state index in [1.165, 1.54) is 9.75 Å². The van der Waals surface area contributed by atoms with Crippen LogP contribution in [0.15, 0.2) is 12.1 Å². The smallest absolute Gasteiger partial charge is 0.174 e. The van der Waals surface area contributed by atoms with Gasteiger partial charge in [0.1, 0.15) is 5.82 Å². The molecule has 0 amide bonds. The minimum atomic E-state index is 0.239. The molecule has 2 N–H and O–H groups in total. The van der Waals surface area contributed by atoms with E-state index < -0.39 is 0 Å². The lowest BCUT2D eigenvalue weighted by Crippen LogP contribution is -2.32. The molecule has 0 saturated heterocycles. The molecule has 84 valence electrons. The van der Waals surface area contributed by atoms with Gasteiger partial charge < -0.3 is 10.3 Å². The molecule has 0 saturated carbocycles. The molecule has 0 bridgehead atoms. The van der Waals surface area contributed by atoms with Crippen molar-refractivity contribution in [1.29, 1.82) is 0 Å². The normalized spacial score (nSPS) is 19.8. The largest absolute Gasteiger partial charge is 0.326 e. The molecule has 3 heterocycles. The van der Waals surface area contributed by atoms with Crippen LogP contribution in [0.25, 0.3) is 10.7 Å². The van der Waals surface area contributed by atoms with Gasteiger partial charge in [-0.2, -0.15) is 0 Å². The Morgan fingerprint density at radius 2 is 2.31 bits per heavy atom. The Morgan fingerprint density at radius 3 is 3.06 bits per heavy atom. The summed E-state index contributed by atoms with van der Waals surface area (Å²) in [4.78, 5) is 2.48. The third kappa shape index (κ3) is 1.56. The second-order valence-corrected chi connectivity index (χ2v) is 5.55. The van der Waals surface area contributed by atoms with Crippen LogP contribution in [0.5, 0.6) is 0 Å². The van der Waals surface area contributed by atoms with Crippen LogP contribution >= 0.6 is 11.3 Å². The number of hydrogen-bond donors (Lipinski definition) is 1. The lowest BCUT2D eigenvalue weighted by atomic mass is 10.1. The molecule has 0 radical (unpaired) electrons. The van der Waals surface area contributed by atoms with Crippen LogP contribution in [-0.2, 0) is 13.0 Å². The molecule has 0 fully saturated rings. The first kappa shape index (κ1) is 9.99. The van der Waals surface area contributed by atoms with Gasteiger partial charge in [0.15, 0.2) is 5.82 Å². The summed E-state index contributed by atoms with van der Waals surface area (Å²) in [5.41, 5.74) is 5.99. The van der Waals surface area contributed by atoms with Crippen molar-refractivity contribution in [2.24, 2.45) is 5.73 Å². The highest BCUT2D eigenvalue weighted by atomic mass is 32.1. The fourth-order valence-corrected chi connectivity index (χ4v) is 2.95. The Hall–Kier alpha value is -1.20. The maximum atomic E-state index is 5.99. The van der Waals surface area contributed by atoms with Crippen LogP contribution in [0.3, 0.4) is 0 Å². The first-order valence-corrected chi connectivity index (χ1v) is 6.30. The predicted octanol–water partition coefficient (Wildman–Crippen LogP) is 1.59. The predicted molar refractivity (Wildman–Crippen MR) is 64.4 cm³/mol. The molecule has 0 aliphatic carbocycles. The summed E-state index contributed by atoms with van der Waals surface area (Å²) in [7, 11) is 0. The minimum absolute atomic E-state index is 0.239. The topological polar surface area (TPSA) is 56.7 Å². The fraction of sp³-hybridized carbons (Fsp3) is 0.455. The van der Waals surface area contributed by atoms with E-state index in [1.807, 2.05) is 0 Å². The van der Waals surface area contributed by atoms with Gasteiger partial charge in [0, 0.05) is 23.9 Å². The number of fused-ring (bicyclic) bond motifs is 1. The van der Waals surface area contributed by atoms with E-state index in [0.717, 1.165) is 31.0 Å². The van der Waals surface area contributed by atoms with Crippen molar-refractivity contribution in [2.75, 3.05) is 0 Å². The van der Waals surface area contributed by atoms with E-state index in [2.05, 4.69) is 33.8 Å². The number of aromatic nitrogens is 3. The van der Waals surface area contributed by atoms with E-state index in [4.69, 9.17) is 5.73 Å². The van der Waals surface area contributed by atoms with Gasteiger partial charge in [0.25, 0.3) is 0 Å². The molecule has 2 aromatic heterocycles. The Morgan fingerprint density at radius 1 is 1.44 bits per heavy atom. The van der Waals surface area contributed by atoms with Crippen molar-refractivity contribution in [3.05, 3.63) is 22.8 Å². The maximum Gasteiger partial charge on any atom is 0.174 e. The molecule has 4 nitrogen and oxygen atoms in total. The number of thiophene rings is 1. The highest BCUT2D eigenvalue weighted by molar-refractivity contribution is 7.15. The van der Waals surface area contributed by atoms with E-state index in [1.54, 1.807) is 11.3 Å². The van der Waals surface area contributed by atoms with E-state index in [-0.39, 0.29) is 6.04 Å². The quantitative estimate of drug-likeness (QED) is 0.815. The van der Waals surface area contributed by atoms with Gasteiger partial charge in [0.2, 0.25) is 0 Å². The Bertz CT molecular complexity index is 514. The minimum Gasteiger partial charge on any atom is -0.326 e. The fourth-order valence-electron chi connectivity index (χ4n) is 2.09. The standard InChI is InChI=1S/C11H14N4S/c1-7-2-4-9(16-7)11-14-13-10-5-3-8(12)6-15(10)11/h2,4,8H,3,5-6,12H2,1H3. The monoisotopic (exact) mass is 234 g/mol. The summed E-state index contributed by atoms with van der Waals surface area (Å²) >= 11 is 1.76. The lowest BCUT2D eigenvalue weighted by Gasteiger charge is -2.20. The average Bonchev–Trinajstić information content (AvgIpc) is 2.83. The third-order valence-corrected chi connectivity index (χ3v) is 3.94. The Balaban J connectivity index is 2.06. The van der Waals surface area contributed by atoms with Crippen molar-refractivity contribution >= 4 is 11.3 Å². The molecule has 0 spiro atoms. The summed E-state index contributed by atoms with van der Waals surface area (Å²) in [5.74, 6) is 2.05. The van der Waals surface area contributed by atoms with Crippen molar-refractivity contribution in [1.82, 2.24) is 14.8 Å². The molecule has 16 heavy (non-hydrogen) atoms. The molecule has 1 unspecified atom stereocenters. The second-order valence-electron chi connectivity index (χ2n) is 4.26. The summed E-state index contributed by atoms with van der Waals surface area (Å²) in [6.45, 7) is 2.95. The second kappa shape index (κ2) is 3.68. The van der Waals surface area contributed by atoms with Crippen LogP contribution in [0, 0.1) is 6.92 Å². The van der Waals surface area contributed by atoms with E-state index in [0.29, 0.717) is 0 Å². The molecule has 2 aromatic rings. The first-order chi connectivity index (χ1) is 7.74. The Labute approximate surface area is 98.1 Å². The van der Waals surface area contributed by atoms with Crippen molar-refractivity contribution in [3.63, 3.8) is 0 Å². The van der Waals surface area contributed by atoms with Crippen LogP contribution in [0.4, 0.5) is 0 Å². The highest BCUT2D eigenvalue weighted by Gasteiger charge is 2.21. The zero-order valence-electron chi connectivity index (χ0n) is 9.18. The van der Waals surface area contributed by atoms with Gasteiger partial charge >= 0.3 is 0 Å². The number of nitrogens with two attached hydrogens (primary N) is 1. The molecule has 5 heteroatoms. The summed E-state index contributed by atoms with van der Waals surface area (Å²) < 4.78 is 2.17. The van der Waals surface area contributed by atoms with Crippen molar-refractivity contribution in [2.45, 2.75) is 32.4 Å². The average molecular weight is 234 g/mol. The zero-order valence-corrected chi connectivity index (χ0v) is 10.00. The van der Waals surface area contributed by atoms with Crippen LogP contribution in [0.2, 0.25) is 0 Å². The van der Waals surface area contributed by atoms with E-state index in [9.17, 15) is 0 Å². The number of hydrogen-bond acceptors (Lipinski definition) is 4. The van der Waals surface area contributed by atoms with E-state index >= 15 is 0 Å². The van der Waals surface area contributed by atoms with Gasteiger partial charge in [0.05, 0.1) is 4.88 Å². The molecule has 0 aromatic carbocycles. The third-order valence-electron chi connectivity index (χ3n) is 2.94. The van der Waals surface area contributed by atoms with Gasteiger partial charge in [-0.05, 0) is 25.5 Å². The first-order valence-electron chi connectivity index (χ1n) is 5.48. The van der Waals surface area contributed by atoms with Crippen LogP contribution < -0.4 is 5.73 Å². The maximum absolute atomic E-state index is 5.99. The van der Waals surface area contributed by atoms with Gasteiger partial charge in [-0.1, -0.05) is 0 Å². The molecule has 1 aliphatic heterocycles. The summed E-state index contributed by atoms with van der Waals surface area (Å²) in [6, 6.07) is 4.46. The molecule has 1 atom stereocenters. The van der Waals surface area contributed by atoms with Crippen LogP contribution in [-0.4, -0.2) is 20.8 Å². The van der Waals surface area contributed by atoms with Gasteiger partial charge in [-0.25, -0.2) is 0 Å². The number of aryl methyl sites for hydroxylation is 2. The van der Waals surface area contributed by atoms with Crippen LogP contribution in [0.1, 0.15) is 17.1 Å². The lowest BCUT2D eigenvalue weighted by molar-refractivity contribution is 0.456. The van der Waals surface area contributed by atoms with Gasteiger partial charge in [-0.3, -0.25) is 0 Å². The number of nitrogens with zero attached hydrogens (tertiary/aromatic N) is 3.